The van der Waals surface area contributed by atoms with Crippen molar-refractivity contribution < 1.29 is 9.47 Å². The Bertz CT molecular complexity index is 411. The molecule has 0 radical (unpaired) electrons. The van der Waals surface area contributed by atoms with E-state index in [1.165, 1.54) is 30.4 Å². The van der Waals surface area contributed by atoms with Gasteiger partial charge in [0, 0.05) is 6.04 Å². The average Bonchev–Trinajstić information content (AvgIpc) is 2.85. The van der Waals surface area contributed by atoms with E-state index in [4.69, 9.17) is 9.47 Å². The first kappa shape index (κ1) is 10.9. The Hall–Kier alpha value is -1.22. The first-order valence-electron chi connectivity index (χ1n) is 6.54. The number of hydrogen-bond donors (Lipinski definition) is 1. The standard InChI is InChI=1S/C14H19NO2/c1-2-10-7-13-14(17-9-16-13)8-11(10)12-5-3-4-6-15-12/h7-8,12,15H,2-6,9H2,1H3. The van der Waals surface area contributed by atoms with E-state index in [0.717, 1.165) is 24.5 Å². The normalized spacial score (nSPS) is 22.8. The minimum Gasteiger partial charge on any atom is -0.454 e. The summed E-state index contributed by atoms with van der Waals surface area (Å²) in [4.78, 5) is 0. The van der Waals surface area contributed by atoms with Crippen LogP contribution in [-0.2, 0) is 6.42 Å². The van der Waals surface area contributed by atoms with Gasteiger partial charge < -0.3 is 14.8 Å². The average molecular weight is 233 g/mol. The minimum atomic E-state index is 0.361. The van der Waals surface area contributed by atoms with E-state index >= 15 is 0 Å². The van der Waals surface area contributed by atoms with Crippen LogP contribution in [0.4, 0.5) is 0 Å². The molecule has 2 heterocycles. The topological polar surface area (TPSA) is 30.5 Å². The lowest BCUT2D eigenvalue weighted by Crippen LogP contribution is -2.27. The van der Waals surface area contributed by atoms with Crippen LogP contribution in [-0.4, -0.2) is 13.3 Å². The summed E-state index contributed by atoms with van der Waals surface area (Å²) in [5.74, 6) is 1.81. The molecule has 1 aromatic carbocycles. The van der Waals surface area contributed by atoms with Crippen molar-refractivity contribution in [3.63, 3.8) is 0 Å². The summed E-state index contributed by atoms with van der Waals surface area (Å²) in [6.07, 6.45) is 4.88. The summed E-state index contributed by atoms with van der Waals surface area (Å²) < 4.78 is 10.9. The molecule has 3 rings (SSSR count). The zero-order valence-electron chi connectivity index (χ0n) is 10.3. The molecule has 1 atom stereocenters. The van der Waals surface area contributed by atoms with Crippen molar-refractivity contribution in [2.75, 3.05) is 13.3 Å². The van der Waals surface area contributed by atoms with Gasteiger partial charge in [-0.3, -0.25) is 0 Å². The zero-order chi connectivity index (χ0) is 11.7. The molecule has 1 aromatic rings. The number of hydrogen-bond acceptors (Lipinski definition) is 3. The number of nitrogens with one attached hydrogen (secondary N) is 1. The van der Waals surface area contributed by atoms with Crippen LogP contribution in [0.15, 0.2) is 12.1 Å². The van der Waals surface area contributed by atoms with Crippen molar-refractivity contribution in [1.29, 1.82) is 0 Å². The van der Waals surface area contributed by atoms with Crippen LogP contribution < -0.4 is 14.8 Å². The highest BCUT2D eigenvalue weighted by Gasteiger charge is 2.22. The van der Waals surface area contributed by atoms with Crippen LogP contribution in [0.2, 0.25) is 0 Å². The van der Waals surface area contributed by atoms with Gasteiger partial charge in [-0.1, -0.05) is 13.3 Å². The summed E-state index contributed by atoms with van der Waals surface area (Å²) in [5.41, 5.74) is 2.78. The third-order valence-electron chi connectivity index (χ3n) is 3.70. The molecule has 3 heteroatoms. The zero-order valence-corrected chi connectivity index (χ0v) is 10.3. The Kier molecular flexibility index (Phi) is 2.93. The molecule has 1 N–H and O–H groups in total. The van der Waals surface area contributed by atoms with Gasteiger partial charge in [-0.2, -0.15) is 0 Å². The molecule has 0 aromatic heterocycles. The first-order valence-corrected chi connectivity index (χ1v) is 6.54. The molecule has 3 nitrogen and oxygen atoms in total. The maximum absolute atomic E-state index is 5.48. The second kappa shape index (κ2) is 4.57. The van der Waals surface area contributed by atoms with Crippen molar-refractivity contribution in [3.8, 4) is 11.5 Å². The number of rotatable bonds is 2. The molecule has 1 saturated heterocycles. The van der Waals surface area contributed by atoms with Gasteiger partial charge in [-0.05, 0) is 49.1 Å². The van der Waals surface area contributed by atoms with Gasteiger partial charge in [0.15, 0.2) is 11.5 Å². The van der Waals surface area contributed by atoms with Crippen molar-refractivity contribution in [2.24, 2.45) is 0 Å². The molecular weight excluding hydrogens is 214 g/mol. The Morgan fingerprint density at radius 2 is 2.06 bits per heavy atom. The fourth-order valence-electron chi connectivity index (χ4n) is 2.75. The van der Waals surface area contributed by atoms with Crippen LogP contribution in [0.25, 0.3) is 0 Å². The van der Waals surface area contributed by atoms with Gasteiger partial charge >= 0.3 is 0 Å². The van der Waals surface area contributed by atoms with Crippen LogP contribution in [0, 0.1) is 0 Å². The molecule has 1 fully saturated rings. The second-order valence-electron chi connectivity index (χ2n) is 4.76. The van der Waals surface area contributed by atoms with E-state index in [-0.39, 0.29) is 0 Å². The quantitative estimate of drug-likeness (QED) is 0.852. The smallest absolute Gasteiger partial charge is 0.231 e. The SMILES string of the molecule is CCc1cc2c(cc1C1CCCCN1)OCO2. The van der Waals surface area contributed by atoms with E-state index in [1.54, 1.807) is 0 Å². The summed E-state index contributed by atoms with van der Waals surface area (Å²) in [5, 5.41) is 3.60. The van der Waals surface area contributed by atoms with Crippen molar-refractivity contribution in [3.05, 3.63) is 23.3 Å². The van der Waals surface area contributed by atoms with Crippen LogP contribution >= 0.6 is 0 Å². The molecule has 92 valence electrons. The van der Waals surface area contributed by atoms with E-state index in [9.17, 15) is 0 Å². The monoisotopic (exact) mass is 233 g/mol. The molecule has 0 amide bonds. The predicted molar refractivity (Wildman–Crippen MR) is 66.5 cm³/mol. The molecule has 0 bridgehead atoms. The van der Waals surface area contributed by atoms with Gasteiger partial charge in [0.25, 0.3) is 0 Å². The molecular formula is C14H19NO2. The molecule has 0 spiro atoms. The Balaban J connectivity index is 1.96. The fraction of sp³-hybridized carbons (Fsp3) is 0.571. The number of benzene rings is 1. The van der Waals surface area contributed by atoms with Gasteiger partial charge in [0.2, 0.25) is 6.79 Å². The van der Waals surface area contributed by atoms with Gasteiger partial charge in [-0.15, -0.1) is 0 Å². The van der Waals surface area contributed by atoms with Gasteiger partial charge in [0.05, 0.1) is 0 Å². The lowest BCUT2D eigenvalue weighted by atomic mass is 9.92. The third-order valence-corrected chi connectivity index (χ3v) is 3.70. The van der Waals surface area contributed by atoms with Crippen molar-refractivity contribution >= 4 is 0 Å². The van der Waals surface area contributed by atoms with E-state index in [2.05, 4.69) is 24.4 Å². The Labute approximate surface area is 102 Å². The highest BCUT2D eigenvalue weighted by atomic mass is 16.7. The molecule has 0 aliphatic carbocycles. The van der Waals surface area contributed by atoms with Gasteiger partial charge in [-0.25, -0.2) is 0 Å². The number of ether oxygens (including phenoxy) is 2. The molecule has 0 saturated carbocycles. The lowest BCUT2D eigenvalue weighted by molar-refractivity contribution is 0.174. The largest absolute Gasteiger partial charge is 0.454 e. The van der Waals surface area contributed by atoms with Crippen LogP contribution in [0.3, 0.4) is 0 Å². The van der Waals surface area contributed by atoms with E-state index < -0.39 is 0 Å². The van der Waals surface area contributed by atoms with E-state index in [0.29, 0.717) is 12.8 Å². The van der Waals surface area contributed by atoms with Crippen molar-refractivity contribution in [2.45, 2.75) is 38.6 Å². The number of piperidine rings is 1. The highest BCUT2D eigenvalue weighted by molar-refractivity contribution is 5.49. The summed E-state index contributed by atoms with van der Waals surface area (Å²) in [6, 6.07) is 4.81. The predicted octanol–water partition coefficient (Wildman–Crippen LogP) is 2.79. The molecule has 17 heavy (non-hydrogen) atoms. The van der Waals surface area contributed by atoms with Gasteiger partial charge in [0.1, 0.15) is 0 Å². The fourth-order valence-corrected chi connectivity index (χ4v) is 2.75. The maximum Gasteiger partial charge on any atom is 0.231 e. The summed E-state index contributed by atoms with van der Waals surface area (Å²) in [7, 11) is 0. The number of aryl methyl sites for hydroxylation is 1. The van der Waals surface area contributed by atoms with Crippen molar-refractivity contribution in [1.82, 2.24) is 5.32 Å². The number of fused-ring (bicyclic) bond motifs is 1. The van der Waals surface area contributed by atoms with Crippen LogP contribution in [0.1, 0.15) is 43.4 Å². The van der Waals surface area contributed by atoms with E-state index in [1.807, 2.05) is 0 Å². The first-order chi connectivity index (χ1) is 8.38. The lowest BCUT2D eigenvalue weighted by Gasteiger charge is -2.26. The highest BCUT2D eigenvalue weighted by Crippen LogP contribution is 2.38. The van der Waals surface area contributed by atoms with Crippen LogP contribution in [0.5, 0.6) is 11.5 Å². The molecule has 2 aliphatic rings. The summed E-state index contributed by atoms with van der Waals surface area (Å²) >= 11 is 0. The minimum absolute atomic E-state index is 0.361. The third kappa shape index (κ3) is 2.00. The second-order valence-corrected chi connectivity index (χ2v) is 4.76. The Morgan fingerprint density at radius 1 is 1.24 bits per heavy atom. The maximum atomic E-state index is 5.48. The Morgan fingerprint density at radius 3 is 2.76 bits per heavy atom. The molecule has 1 unspecified atom stereocenters. The summed E-state index contributed by atoms with van der Waals surface area (Å²) in [6.45, 7) is 3.69. The molecule has 2 aliphatic heterocycles.